The van der Waals surface area contributed by atoms with E-state index in [0.717, 1.165) is 58.3 Å². The molecule has 0 aromatic rings. The first-order valence-corrected chi connectivity index (χ1v) is 8.57. The fourth-order valence-corrected chi connectivity index (χ4v) is 2.43. The number of nitrogens with one attached hydrogen (secondary N) is 1. The van der Waals surface area contributed by atoms with E-state index in [-0.39, 0.29) is 24.0 Å². The number of hydrogen-bond donors (Lipinski definition) is 1. The van der Waals surface area contributed by atoms with Gasteiger partial charge in [0.25, 0.3) is 0 Å². The van der Waals surface area contributed by atoms with Crippen LogP contribution in [0.15, 0.2) is 4.99 Å². The van der Waals surface area contributed by atoms with Gasteiger partial charge in [-0.05, 0) is 32.7 Å². The minimum Gasteiger partial charge on any atom is -0.379 e. The van der Waals surface area contributed by atoms with Gasteiger partial charge in [-0.2, -0.15) is 0 Å². The monoisotopic (exact) mass is 426 g/mol. The van der Waals surface area contributed by atoms with Crippen molar-refractivity contribution in [2.45, 2.75) is 39.5 Å². The Morgan fingerprint density at radius 2 is 1.91 bits per heavy atom. The van der Waals surface area contributed by atoms with Gasteiger partial charge in [-0.1, -0.05) is 13.3 Å². The number of rotatable bonds is 9. The summed E-state index contributed by atoms with van der Waals surface area (Å²) in [5.41, 5.74) is 0. The van der Waals surface area contributed by atoms with Gasteiger partial charge < -0.3 is 15.0 Å². The zero-order chi connectivity index (χ0) is 15.3. The van der Waals surface area contributed by atoms with E-state index in [9.17, 15) is 0 Å². The summed E-state index contributed by atoms with van der Waals surface area (Å²) in [4.78, 5) is 9.47. The summed E-state index contributed by atoms with van der Waals surface area (Å²) < 4.78 is 5.37. The average molecular weight is 426 g/mol. The Kier molecular flexibility index (Phi) is 14.5. The predicted octanol–water partition coefficient (Wildman–Crippen LogP) is 2.41. The van der Waals surface area contributed by atoms with Crippen LogP contribution in [0.25, 0.3) is 0 Å². The number of halogens is 1. The molecule has 1 saturated heterocycles. The Labute approximate surface area is 153 Å². The molecule has 1 fully saturated rings. The van der Waals surface area contributed by atoms with Gasteiger partial charge in [0.05, 0.1) is 13.2 Å². The van der Waals surface area contributed by atoms with Crippen molar-refractivity contribution in [1.29, 1.82) is 0 Å². The van der Waals surface area contributed by atoms with Crippen LogP contribution >= 0.6 is 24.0 Å². The fraction of sp³-hybridized carbons (Fsp3) is 0.938. The molecular weight excluding hydrogens is 391 g/mol. The third kappa shape index (κ3) is 9.84. The Balaban J connectivity index is 0.00000441. The molecule has 0 radical (unpaired) electrons. The van der Waals surface area contributed by atoms with E-state index >= 15 is 0 Å². The maximum Gasteiger partial charge on any atom is 0.193 e. The molecule has 1 aliphatic heterocycles. The molecule has 0 atom stereocenters. The van der Waals surface area contributed by atoms with Gasteiger partial charge in [-0.25, -0.2) is 0 Å². The number of hydrogen-bond acceptors (Lipinski definition) is 3. The first-order chi connectivity index (χ1) is 10.3. The van der Waals surface area contributed by atoms with Crippen molar-refractivity contribution in [1.82, 2.24) is 15.1 Å². The molecule has 0 amide bonds. The van der Waals surface area contributed by atoms with E-state index in [2.05, 4.69) is 36.0 Å². The van der Waals surface area contributed by atoms with Crippen molar-refractivity contribution in [3.63, 3.8) is 0 Å². The van der Waals surface area contributed by atoms with Crippen molar-refractivity contribution in [3.8, 4) is 0 Å². The van der Waals surface area contributed by atoms with Crippen LogP contribution in [-0.2, 0) is 4.74 Å². The molecule has 0 aromatic carbocycles. The zero-order valence-electron chi connectivity index (χ0n) is 14.6. The number of morpholine rings is 1. The van der Waals surface area contributed by atoms with Crippen LogP contribution < -0.4 is 5.32 Å². The summed E-state index contributed by atoms with van der Waals surface area (Å²) in [6, 6.07) is 0. The predicted molar refractivity (Wildman–Crippen MR) is 105 cm³/mol. The fourth-order valence-electron chi connectivity index (χ4n) is 2.43. The number of nitrogens with zero attached hydrogens (tertiary/aromatic N) is 3. The molecule has 132 valence electrons. The zero-order valence-corrected chi connectivity index (χ0v) is 17.0. The van der Waals surface area contributed by atoms with Crippen LogP contribution in [0.3, 0.4) is 0 Å². The molecule has 1 N–H and O–H groups in total. The summed E-state index contributed by atoms with van der Waals surface area (Å²) in [7, 11) is 2.13. The molecule has 1 aliphatic rings. The van der Waals surface area contributed by atoms with Crippen LogP contribution in [0.1, 0.15) is 39.5 Å². The lowest BCUT2D eigenvalue weighted by Crippen LogP contribution is -2.39. The molecule has 5 nitrogen and oxygen atoms in total. The van der Waals surface area contributed by atoms with Crippen LogP contribution in [-0.4, -0.2) is 75.3 Å². The third-order valence-electron chi connectivity index (χ3n) is 3.79. The highest BCUT2D eigenvalue weighted by Crippen LogP contribution is 2.01. The molecule has 0 aromatic heterocycles. The van der Waals surface area contributed by atoms with E-state index < -0.39 is 0 Å². The molecule has 22 heavy (non-hydrogen) atoms. The van der Waals surface area contributed by atoms with Crippen molar-refractivity contribution >= 4 is 29.9 Å². The maximum atomic E-state index is 5.37. The number of guanidine groups is 1. The topological polar surface area (TPSA) is 40.1 Å². The van der Waals surface area contributed by atoms with Gasteiger partial charge in [0, 0.05) is 39.8 Å². The van der Waals surface area contributed by atoms with Crippen LogP contribution in [0.4, 0.5) is 0 Å². The van der Waals surface area contributed by atoms with Gasteiger partial charge in [-0.3, -0.25) is 9.89 Å². The summed E-state index contributed by atoms with van der Waals surface area (Å²) in [6.07, 6.45) is 4.83. The summed E-state index contributed by atoms with van der Waals surface area (Å²) in [6.45, 7) is 12.4. The summed E-state index contributed by atoms with van der Waals surface area (Å²) in [5, 5.41) is 3.38. The molecule has 1 rings (SSSR count). The normalized spacial score (nSPS) is 16.2. The van der Waals surface area contributed by atoms with Crippen molar-refractivity contribution in [2.75, 3.05) is 59.5 Å². The first kappa shape index (κ1) is 21.9. The maximum absolute atomic E-state index is 5.37. The quantitative estimate of drug-likeness (QED) is 0.266. The lowest BCUT2D eigenvalue weighted by molar-refractivity contribution is 0.0373. The molecule has 0 unspecified atom stereocenters. The highest BCUT2D eigenvalue weighted by molar-refractivity contribution is 14.0. The number of ether oxygens (including phenoxy) is 1. The van der Waals surface area contributed by atoms with Crippen LogP contribution in [0.2, 0.25) is 0 Å². The lowest BCUT2D eigenvalue weighted by Gasteiger charge is -2.26. The average Bonchev–Trinajstić information content (AvgIpc) is 2.52. The Morgan fingerprint density at radius 3 is 2.55 bits per heavy atom. The Bertz CT molecular complexity index is 283. The van der Waals surface area contributed by atoms with Gasteiger partial charge in [-0.15, -0.1) is 24.0 Å². The van der Waals surface area contributed by atoms with Gasteiger partial charge in [0.15, 0.2) is 5.96 Å². The van der Waals surface area contributed by atoms with E-state index in [4.69, 9.17) is 9.73 Å². The minimum absolute atomic E-state index is 0. The standard InChI is InChI=1S/C16H34N4O.HI/c1-4-6-10-19(3)16(17-5-2)18-9-7-8-11-20-12-14-21-15-13-20;/h4-15H2,1-3H3,(H,17,18);1H. The number of aliphatic imine (C=N–C) groups is 1. The molecule has 6 heteroatoms. The molecular formula is C16H35IN4O. The Hall–Kier alpha value is -0.0800. The minimum atomic E-state index is 0. The highest BCUT2D eigenvalue weighted by Gasteiger charge is 2.09. The first-order valence-electron chi connectivity index (χ1n) is 8.57. The lowest BCUT2D eigenvalue weighted by atomic mass is 10.3. The molecule has 0 aliphatic carbocycles. The van der Waals surface area contributed by atoms with Gasteiger partial charge in [0.2, 0.25) is 0 Å². The Morgan fingerprint density at radius 1 is 1.18 bits per heavy atom. The van der Waals surface area contributed by atoms with Crippen LogP contribution in [0.5, 0.6) is 0 Å². The van der Waals surface area contributed by atoms with E-state index in [1.54, 1.807) is 0 Å². The highest BCUT2D eigenvalue weighted by atomic mass is 127. The van der Waals surface area contributed by atoms with Crippen molar-refractivity contribution in [3.05, 3.63) is 0 Å². The van der Waals surface area contributed by atoms with Crippen LogP contribution in [0, 0.1) is 0 Å². The van der Waals surface area contributed by atoms with Crippen molar-refractivity contribution in [2.24, 2.45) is 4.99 Å². The molecule has 1 heterocycles. The molecule has 0 spiro atoms. The van der Waals surface area contributed by atoms with Gasteiger partial charge in [0.1, 0.15) is 0 Å². The largest absolute Gasteiger partial charge is 0.379 e. The van der Waals surface area contributed by atoms with E-state index in [1.165, 1.54) is 25.8 Å². The number of unbranched alkanes of at least 4 members (excludes halogenated alkanes) is 2. The van der Waals surface area contributed by atoms with Gasteiger partial charge >= 0.3 is 0 Å². The third-order valence-corrected chi connectivity index (χ3v) is 3.79. The van der Waals surface area contributed by atoms with Crippen molar-refractivity contribution < 1.29 is 4.74 Å². The second-order valence-corrected chi connectivity index (χ2v) is 5.67. The molecule has 0 saturated carbocycles. The summed E-state index contributed by atoms with van der Waals surface area (Å²) in [5.74, 6) is 1.05. The second-order valence-electron chi connectivity index (χ2n) is 5.67. The summed E-state index contributed by atoms with van der Waals surface area (Å²) >= 11 is 0. The SMILES string of the molecule is CCCCN(C)C(=NCCCCN1CCOCC1)NCC.I. The van der Waals surface area contributed by atoms with E-state index in [1.807, 2.05) is 0 Å². The molecule has 0 bridgehead atoms. The smallest absolute Gasteiger partial charge is 0.193 e. The van der Waals surface area contributed by atoms with E-state index in [0.29, 0.717) is 0 Å². The second kappa shape index (κ2) is 14.5.